The monoisotopic (exact) mass is 284 g/mol. The number of nitrogens with zero attached hydrogens (tertiary/aromatic N) is 1. The van der Waals surface area contributed by atoms with Crippen molar-refractivity contribution in [3.8, 4) is 0 Å². The van der Waals surface area contributed by atoms with Crippen molar-refractivity contribution in [2.75, 3.05) is 14.2 Å². The molecule has 1 N–H and O–H groups in total. The highest BCUT2D eigenvalue weighted by atomic mass is 16.5. The van der Waals surface area contributed by atoms with Gasteiger partial charge in [0, 0.05) is 17.0 Å². The van der Waals surface area contributed by atoms with Crippen LogP contribution in [0.2, 0.25) is 0 Å². The van der Waals surface area contributed by atoms with Crippen molar-refractivity contribution >= 4 is 33.7 Å². The molecule has 0 unspecified atom stereocenters. The lowest BCUT2D eigenvalue weighted by atomic mass is 10.1. The Hall–Kier alpha value is -2.89. The number of esters is 2. The molecule has 0 aliphatic rings. The van der Waals surface area contributed by atoms with E-state index in [0.717, 1.165) is 10.8 Å². The van der Waals surface area contributed by atoms with Crippen molar-refractivity contribution in [3.63, 3.8) is 0 Å². The largest absolute Gasteiger partial charge is 0.465 e. The summed E-state index contributed by atoms with van der Waals surface area (Å²) in [4.78, 5) is 30.8. The van der Waals surface area contributed by atoms with Crippen LogP contribution in [0, 0.1) is 0 Å². The molecule has 6 nitrogen and oxygen atoms in total. The predicted molar refractivity (Wildman–Crippen MR) is 76.3 cm³/mol. The average Bonchev–Trinajstić information content (AvgIpc) is 2.98. The molecule has 0 aliphatic carbocycles. The Bertz CT molecular complexity index is 867. The van der Waals surface area contributed by atoms with E-state index < -0.39 is 11.9 Å². The molecule has 1 aromatic carbocycles. The second-order valence-electron chi connectivity index (χ2n) is 4.45. The predicted octanol–water partition coefficient (Wildman–Crippen LogP) is 2.29. The average molecular weight is 284 g/mol. The highest BCUT2D eigenvalue weighted by Gasteiger charge is 2.18. The van der Waals surface area contributed by atoms with Gasteiger partial charge in [0.15, 0.2) is 0 Å². The summed E-state index contributed by atoms with van der Waals surface area (Å²) in [6, 6.07) is 6.96. The number of H-pyrrole nitrogens is 1. The first-order valence-electron chi connectivity index (χ1n) is 6.22. The minimum atomic E-state index is -0.501. The zero-order chi connectivity index (χ0) is 15.0. The molecule has 6 heteroatoms. The molecule has 2 heterocycles. The number of hydrogen-bond donors (Lipinski definition) is 1. The Labute approximate surface area is 119 Å². The Morgan fingerprint density at radius 3 is 2.57 bits per heavy atom. The van der Waals surface area contributed by atoms with Gasteiger partial charge in [0.1, 0.15) is 5.69 Å². The number of benzene rings is 1. The van der Waals surface area contributed by atoms with E-state index in [1.165, 1.54) is 14.2 Å². The van der Waals surface area contributed by atoms with Gasteiger partial charge in [0.2, 0.25) is 0 Å². The maximum atomic E-state index is 11.9. The number of methoxy groups -OCH3 is 2. The zero-order valence-corrected chi connectivity index (χ0v) is 11.5. The van der Waals surface area contributed by atoms with Crippen LogP contribution in [0.15, 0.2) is 30.5 Å². The van der Waals surface area contributed by atoms with Crippen molar-refractivity contribution in [3.05, 3.63) is 41.7 Å². The molecule has 3 rings (SSSR count). The van der Waals surface area contributed by atoms with Crippen LogP contribution in [0.4, 0.5) is 0 Å². The Morgan fingerprint density at radius 1 is 1.10 bits per heavy atom. The number of aromatic amines is 1. The summed E-state index contributed by atoms with van der Waals surface area (Å²) in [6.45, 7) is 0. The van der Waals surface area contributed by atoms with Crippen LogP contribution < -0.4 is 0 Å². The van der Waals surface area contributed by atoms with Gasteiger partial charge in [-0.15, -0.1) is 0 Å². The number of nitrogens with one attached hydrogen (secondary N) is 1. The van der Waals surface area contributed by atoms with Gasteiger partial charge in [-0.2, -0.15) is 0 Å². The van der Waals surface area contributed by atoms with Crippen LogP contribution >= 0.6 is 0 Å². The lowest BCUT2D eigenvalue weighted by Crippen LogP contribution is -2.04. The zero-order valence-electron chi connectivity index (χ0n) is 11.5. The molecule has 0 saturated heterocycles. The normalized spacial score (nSPS) is 10.8. The molecule has 21 heavy (non-hydrogen) atoms. The van der Waals surface area contributed by atoms with Crippen LogP contribution in [0.25, 0.3) is 21.8 Å². The molecule has 2 aromatic heterocycles. The molecule has 0 amide bonds. The van der Waals surface area contributed by atoms with Gasteiger partial charge in [-0.3, -0.25) is 4.98 Å². The maximum Gasteiger partial charge on any atom is 0.354 e. The number of pyridine rings is 1. The van der Waals surface area contributed by atoms with Crippen LogP contribution in [0.1, 0.15) is 20.8 Å². The van der Waals surface area contributed by atoms with Crippen molar-refractivity contribution < 1.29 is 19.1 Å². The molecule has 0 bridgehead atoms. The van der Waals surface area contributed by atoms with E-state index in [9.17, 15) is 9.59 Å². The third-order valence-corrected chi connectivity index (χ3v) is 3.31. The van der Waals surface area contributed by atoms with Gasteiger partial charge in [-0.05, 0) is 18.2 Å². The molecule has 3 aromatic rings. The summed E-state index contributed by atoms with van der Waals surface area (Å²) in [5.74, 6) is -0.995. The van der Waals surface area contributed by atoms with E-state index in [2.05, 4.69) is 9.97 Å². The van der Waals surface area contributed by atoms with E-state index >= 15 is 0 Å². The second kappa shape index (κ2) is 4.90. The van der Waals surface area contributed by atoms with Crippen LogP contribution in [0.3, 0.4) is 0 Å². The van der Waals surface area contributed by atoms with Crippen molar-refractivity contribution in [1.82, 2.24) is 9.97 Å². The van der Waals surface area contributed by atoms with Gasteiger partial charge in [0.25, 0.3) is 0 Å². The first kappa shape index (κ1) is 13.1. The standard InChI is InChI=1S/C15H12N2O4/c1-20-14(18)10-7-11-8(4-3-5-16-11)9-6-12(15(19)21-2)17-13(9)10/h3-7,17H,1-2H3. The molecule has 0 saturated carbocycles. The van der Waals surface area contributed by atoms with Gasteiger partial charge < -0.3 is 14.5 Å². The fourth-order valence-corrected chi connectivity index (χ4v) is 2.34. The van der Waals surface area contributed by atoms with Gasteiger partial charge >= 0.3 is 11.9 Å². The number of carbonyl (C=O) groups is 2. The van der Waals surface area contributed by atoms with E-state index in [4.69, 9.17) is 9.47 Å². The maximum absolute atomic E-state index is 11.9. The Morgan fingerprint density at radius 2 is 1.86 bits per heavy atom. The molecule has 0 radical (unpaired) electrons. The Balaban J connectivity index is 2.41. The smallest absolute Gasteiger partial charge is 0.354 e. The fourth-order valence-electron chi connectivity index (χ4n) is 2.34. The Kier molecular flexibility index (Phi) is 3.06. The summed E-state index contributed by atoms with van der Waals surface area (Å²) >= 11 is 0. The fraction of sp³-hybridized carbons (Fsp3) is 0.133. The molecule has 0 atom stereocenters. The molecular weight excluding hydrogens is 272 g/mol. The van der Waals surface area contributed by atoms with Crippen molar-refractivity contribution in [2.24, 2.45) is 0 Å². The molecular formula is C15H12N2O4. The van der Waals surface area contributed by atoms with E-state index in [1.54, 1.807) is 24.4 Å². The van der Waals surface area contributed by atoms with Gasteiger partial charge in [-0.1, -0.05) is 6.07 Å². The number of fused-ring (bicyclic) bond motifs is 3. The van der Waals surface area contributed by atoms with Gasteiger partial charge in [-0.25, -0.2) is 9.59 Å². The summed E-state index contributed by atoms with van der Waals surface area (Å²) in [7, 11) is 2.61. The minimum Gasteiger partial charge on any atom is -0.465 e. The van der Waals surface area contributed by atoms with Crippen LogP contribution in [-0.4, -0.2) is 36.1 Å². The summed E-state index contributed by atoms with van der Waals surface area (Å²) in [5.41, 5.74) is 1.78. The highest BCUT2D eigenvalue weighted by molar-refractivity contribution is 6.15. The molecule has 0 spiro atoms. The lowest BCUT2D eigenvalue weighted by Gasteiger charge is -2.04. The first-order valence-corrected chi connectivity index (χ1v) is 6.22. The third kappa shape index (κ3) is 2.01. The molecule has 0 aliphatic heterocycles. The van der Waals surface area contributed by atoms with E-state index in [-0.39, 0.29) is 5.69 Å². The topological polar surface area (TPSA) is 81.3 Å². The van der Waals surface area contributed by atoms with Crippen LogP contribution in [-0.2, 0) is 9.47 Å². The SMILES string of the molecule is COC(=O)c1cc2c([nH]1)c(C(=O)OC)cc1ncccc12. The van der Waals surface area contributed by atoms with E-state index in [1.807, 2.05) is 6.07 Å². The van der Waals surface area contributed by atoms with Crippen molar-refractivity contribution in [2.45, 2.75) is 0 Å². The number of carbonyl (C=O) groups excluding carboxylic acids is 2. The van der Waals surface area contributed by atoms with Gasteiger partial charge in [0.05, 0.1) is 30.8 Å². The minimum absolute atomic E-state index is 0.272. The first-order chi connectivity index (χ1) is 10.2. The number of aromatic nitrogens is 2. The van der Waals surface area contributed by atoms with Crippen molar-refractivity contribution in [1.29, 1.82) is 0 Å². The quantitative estimate of drug-likeness (QED) is 0.730. The van der Waals surface area contributed by atoms with E-state index in [0.29, 0.717) is 16.6 Å². The number of ether oxygens (including phenoxy) is 2. The summed E-state index contributed by atoms with van der Waals surface area (Å²) in [6.07, 6.45) is 1.64. The molecule has 106 valence electrons. The highest BCUT2D eigenvalue weighted by Crippen LogP contribution is 2.28. The number of hydrogen-bond acceptors (Lipinski definition) is 5. The number of rotatable bonds is 2. The summed E-state index contributed by atoms with van der Waals surface area (Å²) in [5, 5.41) is 1.56. The third-order valence-electron chi connectivity index (χ3n) is 3.31. The summed E-state index contributed by atoms with van der Waals surface area (Å²) < 4.78 is 9.49. The second-order valence-corrected chi connectivity index (χ2v) is 4.45. The lowest BCUT2D eigenvalue weighted by molar-refractivity contribution is 0.0587. The van der Waals surface area contributed by atoms with Crippen LogP contribution in [0.5, 0.6) is 0 Å². The molecule has 0 fully saturated rings.